The minimum atomic E-state index is 0.487. The zero-order valence-electron chi connectivity index (χ0n) is 7.16. The molecule has 0 bridgehead atoms. The molecule has 0 aromatic heterocycles. The quantitative estimate of drug-likeness (QED) is 0.370. The zero-order valence-corrected chi connectivity index (χ0v) is 7.92. The molecule has 0 saturated heterocycles. The van der Waals surface area contributed by atoms with Gasteiger partial charge in [0.25, 0.3) is 0 Å². The smallest absolute Gasteiger partial charge is 0.198 e. The van der Waals surface area contributed by atoms with Crippen molar-refractivity contribution in [1.29, 1.82) is 0 Å². The van der Waals surface area contributed by atoms with Gasteiger partial charge in [0.1, 0.15) is 0 Å². The molecule has 0 radical (unpaired) electrons. The Morgan fingerprint density at radius 2 is 1.83 bits per heavy atom. The fourth-order valence-electron chi connectivity index (χ4n) is 0.709. The lowest BCUT2D eigenvalue weighted by atomic mass is 10.3. The van der Waals surface area contributed by atoms with Gasteiger partial charge in [0.15, 0.2) is 5.29 Å². The van der Waals surface area contributed by atoms with Gasteiger partial charge in [-0.3, -0.25) is 0 Å². The Balaban J connectivity index is 2.81. The highest BCUT2D eigenvalue weighted by molar-refractivity contribution is 6.64. The fraction of sp³-hybridized carbons (Fsp3) is 0.222. The van der Waals surface area contributed by atoms with Crippen molar-refractivity contribution in [2.75, 3.05) is 14.1 Å². The Hall–Kier alpha value is -1.02. The van der Waals surface area contributed by atoms with Crippen molar-refractivity contribution in [3.8, 4) is 0 Å². The highest BCUT2D eigenvalue weighted by atomic mass is 35.5. The van der Waals surface area contributed by atoms with Crippen molar-refractivity contribution in [2.24, 2.45) is 4.99 Å². The van der Waals surface area contributed by atoms with Gasteiger partial charge < -0.3 is 4.90 Å². The summed E-state index contributed by atoms with van der Waals surface area (Å²) in [6.45, 7) is 0. The molecule has 1 aromatic rings. The van der Waals surface area contributed by atoms with E-state index >= 15 is 0 Å². The predicted octanol–water partition coefficient (Wildman–Crippen LogP) is 2.47. The number of benzene rings is 1. The summed E-state index contributed by atoms with van der Waals surface area (Å²) in [5, 5.41) is 0.487. The minimum Gasteiger partial charge on any atom is -0.353 e. The summed E-state index contributed by atoms with van der Waals surface area (Å²) in [5.74, 6) is 0. The molecule has 1 aromatic carbocycles. The van der Waals surface area contributed by atoms with E-state index in [1.54, 1.807) is 4.90 Å². The van der Waals surface area contributed by atoms with Gasteiger partial charge in [-0.1, -0.05) is 18.2 Å². The number of nitrogens with zero attached hydrogens (tertiary/aromatic N) is 2. The predicted molar refractivity (Wildman–Crippen MR) is 53.1 cm³/mol. The third kappa shape index (κ3) is 2.55. The number of hydrogen-bond donors (Lipinski definition) is 0. The molecule has 0 N–H and O–H groups in total. The minimum absolute atomic E-state index is 0.487. The van der Waals surface area contributed by atoms with Gasteiger partial charge in [-0.05, 0) is 23.7 Å². The SMILES string of the molecule is CN(C)C(Cl)=Nc1ccccc1. The molecule has 0 amide bonds. The summed E-state index contributed by atoms with van der Waals surface area (Å²) in [6, 6.07) is 9.62. The summed E-state index contributed by atoms with van der Waals surface area (Å²) >= 11 is 5.83. The molecular weight excluding hydrogens is 172 g/mol. The average molecular weight is 183 g/mol. The molecule has 2 nitrogen and oxygen atoms in total. The van der Waals surface area contributed by atoms with Crippen LogP contribution in [0, 0.1) is 0 Å². The maximum absolute atomic E-state index is 5.83. The van der Waals surface area contributed by atoms with E-state index in [-0.39, 0.29) is 0 Å². The van der Waals surface area contributed by atoms with Gasteiger partial charge in [-0.2, -0.15) is 0 Å². The molecule has 0 atom stereocenters. The summed E-state index contributed by atoms with van der Waals surface area (Å²) in [5.41, 5.74) is 0.871. The maximum atomic E-state index is 5.83. The lowest BCUT2D eigenvalue weighted by molar-refractivity contribution is 0.635. The van der Waals surface area contributed by atoms with Crippen LogP contribution < -0.4 is 0 Å². The van der Waals surface area contributed by atoms with Crippen LogP contribution in [0.2, 0.25) is 0 Å². The molecule has 0 saturated carbocycles. The molecule has 12 heavy (non-hydrogen) atoms. The van der Waals surface area contributed by atoms with E-state index in [1.807, 2.05) is 44.4 Å². The average Bonchev–Trinajstić information content (AvgIpc) is 2.06. The van der Waals surface area contributed by atoms with Crippen LogP contribution in [-0.2, 0) is 0 Å². The second-order valence-electron chi connectivity index (χ2n) is 2.61. The lowest BCUT2D eigenvalue weighted by Crippen LogP contribution is -2.15. The van der Waals surface area contributed by atoms with E-state index in [0.717, 1.165) is 5.69 Å². The Labute approximate surface area is 77.5 Å². The molecule has 0 aliphatic carbocycles. The fourth-order valence-corrected chi connectivity index (χ4v) is 0.807. The molecule has 1 rings (SSSR count). The van der Waals surface area contributed by atoms with Gasteiger partial charge in [0, 0.05) is 14.1 Å². The third-order valence-electron chi connectivity index (χ3n) is 1.35. The number of para-hydroxylation sites is 1. The Bertz CT molecular complexity index is 267. The first-order chi connectivity index (χ1) is 5.70. The topological polar surface area (TPSA) is 15.6 Å². The summed E-state index contributed by atoms with van der Waals surface area (Å²) in [6.07, 6.45) is 0. The Morgan fingerprint density at radius 3 is 2.33 bits per heavy atom. The van der Waals surface area contributed by atoms with E-state index in [0.29, 0.717) is 5.29 Å². The van der Waals surface area contributed by atoms with Crippen molar-refractivity contribution in [3.05, 3.63) is 30.3 Å². The molecule has 0 aliphatic heterocycles. The van der Waals surface area contributed by atoms with Crippen molar-refractivity contribution < 1.29 is 0 Å². The van der Waals surface area contributed by atoms with Gasteiger partial charge in [-0.15, -0.1) is 0 Å². The van der Waals surface area contributed by atoms with Crippen LogP contribution in [0.15, 0.2) is 35.3 Å². The largest absolute Gasteiger partial charge is 0.353 e. The van der Waals surface area contributed by atoms with Crippen LogP contribution in [0.1, 0.15) is 0 Å². The standard InChI is InChI=1S/C9H11ClN2/c1-12(2)9(10)11-8-6-4-3-5-7-8/h3-7H,1-2H3. The van der Waals surface area contributed by atoms with Crippen molar-refractivity contribution >= 4 is 22.6 Å². The zero-order chi connectivity index (χ0) is 8.97. The number of amidine groups is 1. The monoisotopic (exact) mass is 182 g/mol. The van der Waals surface area contributed by atoms with E-state index in [2.05, 4.69) is 4.99 Å². The second-order valence-corrected chi connectivity index (χ2v) is 2.95. The number of aliphatic imine (C=N–C) groups is 1. The molecular formula is C9H11ClN2. The van der Waals surface area contributed by atoms with Gasteiger partial charge in [-0.25, -0.2) is 4.99 Å². The normalized spacial score (nSPS) is 11.4. The van der Waals surface area contributed by atoms with Crippen molar-refractivity contribution in [2.45, 2.75) is 0 Å². The third-order valence-corrected chi connectivity index (χ3v) is 1.77. The Morgan fingerprint density at radius 1 is 1.25 bits per heavy atom. The molecule has 0 unspecified atom stereocenters. The van der Waals surface area contributed by atoms with Crippen LogP contribution in [-0.4, -0.2) is 24.3 Å². The van der Waals surface area contributed by atoms with Crippen LogP contribution in [0.25, 0.3) is 0 Å². The van der Waals surface area contributed by atoms with Gasteiger partial charge >= 0.3 is 0 Å². The van der Waals surface area contributed by atoms with Crippen molar-refractivity contribution in [1.82, 2.24) is 4.90 Å². The first-order valence-corrected chi connectivity index (χ1v) is 4.04. The summed E-state index contributed by atoms with van der Waals surface area (Å²) < 4.78 is 0. The lowest BCUT2D eigenvalue weighted by Gasteiger charge is -2.07. The number of hydrogen-bond acceptors (Lipinski definition) is 1. The van der Waals surface area contributed by atoms with Gasteiger partial charge in [0.2, 0.25) is 0 Å². The van der Waals surface area contributed by atoms with E-state index in [9.17, 15) is 0 Å². The second kappa shape index (κ2) is 4.12. The Kier molecular flexibility index (Phi) is 3.11. The van der Waals surface area contributed by atoms with E-state index in [1.165, 1.54) is 0 Å². The first kappa shape index (κ1) is 9.07. The molecule has 3 heteroatoms. The summed E-state index contributed by atoms with van der Waals surface area (Å²) in [4.78, 5) is 5.93. The molecule has 64 valence electrons. The summed E-state index contributed by atoms with van der Waals surface area (Å²) in [7, 11) is 3.71. The van der Waals surface area contributed by atoms with Crippen LogP contribution in [0.5, 0.6) is 0 Å². The van der Waals surface area contributed by atoms with Gasteiger partial charge in [0.05, 0.1) is 5.69 Å². The molecule has 0 spiro atoms. The number of rotatable bonds is 1. The van der Waals surface area contributed by atoms with E-state index in [4.69, 9.17) is 11.6 Å². The maximum Gasteiger partial charge on any atom is 0.198 e. The molecule has 0 fully saturated rings. The van der Waals surface area contributed by atoms with Crippen LogP contribution >= 0.6 is 11.6 Å². The molecule has 0 heterocycles. The van der Waals surface area contributed by atoms with Crippen LogP contribution in [0.3, 0.4) is 0 Å². The highest BCUT2D eigenvalue weighted by Gasteiger charge is 1.95. The molecule has 0 aliphatic rings. The van der Waals surface area contributed by atoms with E-state index < -0.39 is 0 Å². The number of halogens is 1. The van der Waals surface area contributed by atoms with Crippen LogP contribution in [0.4, 0.5) is 5.69 Å². The highest BCUT2D eigenvalue weighted by Crippen LogP contribution is 2.11. The van der Waals surface area contributed by atoms with Crippen molar-refractivity contribution in [3.63, 3.8) is 0 Å². The first-order valence-electron chi connectivity index (χ1n) is 3.66.